The largest absolute Gasteiger partial charge is 0.135 e. The van der Waals surface area contributed by atoms with Gasteiger partial charge in [-0.2, -0.15) is 0 Å². The van der Waals surface area contributed by atoms with Gasteiger partial charge in [0.2, 0.25) is 0 Å². The molecule has 25 heavy (non-hydrogen) atoms. The van der Waals surface area contributed by atoms with E-state index in [1.807, 2.05) is 11.3 Å². The van der Waals surface area contributed by atoms with Crippen LogP contribution in [0.4, 0.5) is 0 Å². The van der Waals surface area contributed by atoms with Crippen molar-refractivity contribution in [2.75, 3.05) is 0 Å². The molecular weight excluding hydrogens is 320 g/mol. The molecule has 5 aromatic rings. The summed E-state index contributed by atoms with van der Waals surface area (Å²) < 4.78 is 2.71. The van der Waals surface area contributed by atoms with Crippen molar-refractivity contribution in [1.29, 1.82) is 0 Å². The fourth-order valence-corrected chi connectivity index (χ4v) is 4.68. The van der Waals surface area contributed by atoms with Gasteiger partial charge in [-0.1, -0.05) is 78.9 Å². The van der Waals surface area contributed by atoms with Gasteiger partial charge in [0, 0.05) is 25.7 Å². The molecule has 4 aromatic carbocycles. The van der Waals surface area contributed by atoms with Crippen LogP contribution in [0.5, 0.6) is 0 Å². The fraction of sp³-hybridized carbons (Fsp3) is 0. The van der Waals surface area contributed by atoms with E-state index >= 15 is 0 Å². The molecule has 0 fully saturated rings. The number of hydrogen-bond acceptors (Lipinski definition) is 1. The molecule has 0 aliphatic rings. The highest BCUT2D eigenvalue weighted by Gasteiger charge is 2.12. The fourth-order valence-electron chi connectivity index (χ4n) is 3.46. The van der Waals surface area contributed by atoms with Crippen LogP contribution in [-0.4, -0.2) is 0 Å². The van der Waals surface area contributed by atoms with Crippen molar-refractivity contribution >= 4 is 31.5 Å². The lowest BCUT2D eigenvalue weighted by atomic mass is 9.96. The SMILES string of the molecule is c1ccc(-c2cc(-c3ccccc3)c3sc4ccccc4c3c2)cc1. The van der Waals surface area contributed by atoms with E-state index in [2.05, 4.69) is 97.1 Å². The van der Waals surface area contributed by atoms with Crippen molar-refractivity contribution in [2.45, 2.75) is 0 Å². The molecule has 0 aliphatic carbocycles. The first kappa shape index (κ1) is 14.4. The zero-order chi connectivity index (χ0) is 16.6. The number of benzene rings is 4. The molecule has 0 nitrogen and oxygen atoms in total. The Morgan fingerprint density at radius 2 is 1.12 bits per heavy atom. The summed E-state index contributed by atoms with van der Waals surface area (Å²) in [4.78, 5) is 0. The summed E-state index contributed by atoms with van der Waals surface area (Å²) in [5, 5.41) is 2.69. The molecule has 1 heterocycles. The maximum atomic E-state index is 2.34. The quantitative estimate of drug-likeness (QED) is 0.315. The highest BCUT2D eigenvalue weighted by molar-refractivity contribution is 7.26. The molecule has 118 valence electrons. The van der Waals surface area contributed by atoms with E-state index in [0.717, 1.165) is 0 Å². The second-order valence-electron chi connectivity index (χ2n) is 6.23. The highest BCUT2D eigenvalue weighted by Crippen LogP contribution is 2.42. The molecule has 0 saturated heterocycles. The average Bonchev–Trinajstić information content (AvgIpc) is 3.07. The predicted octanol–water partition coefficient (Wildman–Crippen LogP) is 7.39. The molecule has 1 aromatic heterocycles. The number of thiophene rings is 1. The van der Waals surface area contributed by atoms with E-state index in [1.165, 1.54) is 42.4 Å². The molecule has 0 radical (unpaired) electrons. The van der Waals surface area contributed by atoms with E-state index in [1.54, 1.807) is 0 Å². The van der Waals surface area contributed by atoms with Crippen LogP contribution in [0, 0.1) is 0 Å². The van der Waals surface area contributed by atoms with E-state index in [0.29, 0.717) is 0 Å². The van der Waals surface area contributed by atoms with Crippen LogP contribution in [0.15, 0.2) is 97.1 Å². The second kappa shape index (κ2) is 5.87. The Kier molecular flexibility index (Phi) is 3.39. The van der Waals surface area contributed by atoms with Gasteiger partial charge in [-0.3, -0.25) is 0 Å². The Labute approximate surface area is 151 Å². The van der Waals surface area contributed by atoms with Crippen molar-refractivity contribution in [2.24, 2.45) is 0 Å². The van der Waals surface area contributed by atoms with Crippen LogP contribution < -0.4 is 0 Å². The highest BCUT2D eigenvalue weighted by atomic mass is 32.1. The standard InChI is InChI=1S/C24H16S/c1-3-9-17(10-4-1)19-15-21(18-11-5-2-6-12-18)24-22(16-19)20-13-7-8-14-23(20)25-24/h1-16H. The summed E-state index contributed by atoms with van der Waals surface area (Å²) in [5.41, 5.74) is 5.13. The smallest absolute Gasteiger partial charge is 0.0434 e. The van der Waals surface area contributed by atoms with Crippen molar-refractivity contribution in [1.82, 2.24) is 0 Å². The Morgan fingerprint density at radius 1 is 0.480 bits per heavy atom. The normalized spacial score (nSPS) is 11.2. The lowest BCUT2D eigenvalue weighted by molar-refractivity contribution is 1.63. The van der Waals surface area contributed by atoms with Gasteiger partial charge in [0.05, 0.1) is 0 Å². The molecule has 0 bridgehead atoms. The van der Waals surface area contributed by atoms with Gasteiger partial charge in [-0.15, -0.1) is 11.3 Å². The number of fused-ring (bicyclic) bond motifs is 3. The minimum absolute atomic E-state index is 1.26. The van der Waals surface area contributed by atoms with Gasteiger partial charge in [-0.25, -0.2) is 0 Å². The van der Waals surface area contributed by atoms with Crippen molar-refractivity contribution in [3.63, 3.8) is 0 Å². The van der Waals surface area contributed by atoms with E-state index < -0.39 is 0 Å². The van der Waals surface area contributed by atoms with Gasteiger partial charge in [0.1, 0.15) is 0 Å². The first-order valence-corrected chi connectivity index (χ1v) is 9.28. The molecular formula is C24H16S. The zero-order valence-corrected chi connectivity index (χ0v) is 14.5. The van der Waals surface area contributed by atoms with Crippen molar-refractivity contribution < 1.29 is 0 Å². The first-order chi connectivity index (χ1) is 12.4. The Bertz CT molecular complexity index is 1170. The third-order valence-electron chi connectivity index (χ3n) is 4.67. The molecule has 0 spiro atoms. The molecule has 0 N–H and O–H groups in total. The van der Waals surface area contributed by atoms with Gasteiger partial charge >= 0.3 is 0 Å². The van der Waals surface area contributed by atoms with Crippen LogP contribution in [0.25, 0.3) is 42.4 Å². The number of rotatable bonds is 2. The van der Waals surface area contributed by atoms with Gasteiger partial charge in [0.25, 0.3) is 0 Å². The van der Waals surface area contributed by atoms with E-state index in [-0.39, 0.29) is 0 Å². The lowest BCUT2D eigenvalue weighted by Gasteiger charge is -2.09. The Balaban J connectivity index is 1.90. The van der Waals surface area contributed by atoms with E-state index in [9.17, 15) is 0 Å². The molecule has 0 unspecified atom stereocenters. The van der Waals surface area contributed by atoms with Crippen LogP contribution in [0.3, 0.4) is 0 Å². The maximum absolute atomic E-state index is 2.34. The summed E-state index contributed by atoms with van der Waals surface area (Å²) >= 11 is 1.89. The maximum Gasteiger partial charge on any atom is 0.0434 e. The number of hydrogen-bond donors (Lipinski definition) is 0. The lowest BCUT2D eigenvalue weighted by Crippen LogP contribution is -1.82. The molecule has 0 amide bonds. The monoisotopic (exact) mass is 336 g/mol. The summed E-state index contributed by atoms with van der Waals surface area (Å²) in [7, 11) is 0. The molecule has 0 aliphatic heterocycles. The minimum Gasteiger partial charge on any atom is -0.135 e. The van der Waals surface area contributed by atoms with Crippen LogP contribution in [-0.2, 0) is 0 Å². The average molecular weight is 336 g/mol. The van der Waals surface area contributed by atoms with Gasteiger partial charge < -0.3 is 0 Å². The van der Waals surface area contributed by atoms with E-state index in [4.69, 9.17) is 0 Å². The molecule has 0 saturated carbocycles. The predicted molar refractivity (Wildman–Crippen MR) is 110 cm³/mol. The third kappa shape index (κ3) is 2.45. The Hall–Kier alpha value is -2.90. The van der Waals surface area contributed by atoms with Crippen molar-refractivity contribution in [3.05, 3.63) is 97.1 Å². The van der Waals surface area contributed by atoms with Crippen molar-refractivity contribution in [3.8, 4) is 22.3 Å². The summed E-state index contributed by atoms with van der Waals surface area (Å²) in [6, 6.07) is 34.7. The summed E-state index contributed by atoms with van der Waals surface area (Å²) in [5.74, 6) is 0. The van der Waals surface area contributed by atoms with Gasteiger partial charge in [0.15, 0.2) is 0 Å². The summed E-state index contributed by atoms with van der Waals surface area (Å²) in [6.07, 6.45) is 0. The topological polar surface area (TPSA) is 0 Å². The van der Waals surface area contributed by atoms with Crippen LogP contribution in [0.1, 0.15) is 0 Å². The zero-order valence-electron chi connectivity index (χ0n) is 13.6. The molecule has 5 rings (SSSR count). The van der Waals surface area contributed by atoms with Crippen LogP contribution in [0.2, 0.25) is 0 Å². The first-order valence-electron chi connectivity index (χ1n) is 8.46. The third-order valence-corrected chi connectivity index (χ3v) is 5.89. The molecule has 0 atom stereocenters. The summed E-state index contributed by atoms with van der Waals surface area (Å²) in [6.45, 7) is 0. The minimum atomic E-state index is 1.26. The molecule has 1 heteroatoms. The van der Waals surface area contributed by atoms with Crippen LogP contribution >= 0.6 is 11.3 Å². The second-order valence-corrected chi connectivity index (χ2v) is 7.28. The van der Waals surface area contributed by atoms with Gasteiger partial charge in [-0.05, 0) is 34.9 Å². The Morgan fingerprint density at radius 3 is 1.88 bits per heavy atom.